The molecular formula is C17H26N2. The minimum absolute atomic E-state index is 0.116. The van der Waals surface area contributed by atoms with Crippen LogP contribution >= 0.6 is 0 Å². The Labute approximate surface area is 117 Å². The molecule has 19 heavy (non-hydrogen) atoms. The summed E-state index contributed by atoms with van der Waals surface area (Å²) in [5.41, 5.74) is 9.65. The molecule has 2 heteroatoms. The van der Waals surface area contributed by atoms with Gasteiger partial charge in [0.2, 0.25) is 0 Å². The lowest BCUT2D eigenvalue weighted by molar-refractivity contribution is 0.279. The molecule has 0 bridgehead atoms. The van der Waals surface area contributed by atoms with Crippen LogP contribution in [0.25, 0.3) is 0 Å². The zero-order valence-corrected chi connectivity index (χ0v) is 11.9. The van der Waals surface area contributed by atoms with E-state index in [4.69, 9.17) is 5.73 Å². The summed E-state index contributed by atoms with van der Waals surface area (Å²) in [6.45, 7) is 2.33. The van der Waals surface area contributed by atoms with E-state index < -0.39 is 0 Å². The standard InChI is InChI=1S/C17H26N2/c18-17(10-4-1-5-11-17)12-14-19-13-6-8-15-7-2-3-9-16(15)19/h2-3,7,9H,1,4-6,8,10-14,18H2. The van der Waals surface area contributed by atoms with E-state index in [-0.39, 0.29) is 5.54 Å². The second kappa shape index (κ2) is 5.54. The zero-order valence-electron chi connectivity index (χ0n) is 11.9. The van der Waals surface area contributed by atoms with Crippen LogP contribution in [0.1, 0.15) is 50.5 Å². The maximum atomic E-state index is 6.57. The second-order valence-corrected chi connectivity index (χ2v) is 6.39. The first-order chi connectivity index (χ1) is 9.27. The fraction of sp³-hybridized carbons (Fsp3) is 0.647. The predicted molar refractivity (Wildman–Crippen MR) is 81.6 cm³/mol. The summed E-state index contributed by atoms with van der Waals surface area (Å²) in [7, 11) is 0. The highest BCUT2D eigenvalue weighted by atomic mass is 15.1. The van der Waals surface area contributed by atoms with Gasteiger partial charge in [0, 0.05) is 24.3 Å². The first-order valence-corrected chi connectivity index (χ1v) is 7.89. The molecule has 1 aliphatic heterocycles. The molecule has 0 saturated heterocycles. The van der Waals surface area contributed by atoms with Gasteiger partial charge in [-0.3, -0.25) is 0 Å². The monoisotopic (exact) mass is 258 g/mol. The minimum atomic E-state index is 0.116. The molecular weight excluding hydrogens is 232 g/mol. The smallest absolute Gasteiger partial charge is 0.0398 e. The van der Waals surface area contributed by atoms with Crippen molar-refractivity contribution in [2.24, 2.45) is 5.73 Å². The molecule has 1 aliphatic carbocycles. The summed E-state index contributed by atoms with van der Waals surface area (Å²) in [5, 5.41) is 0. The van der Waals surface area contributed by atoms with Crippen LogP contribution in [0.5, 0.6) is 0 Å². The normalized spacial score (nSPS) is 22.1. The van der Waals surface area contributed by atoms with Crippen molar-refractivity contribution in [3.63, 3.8) is 0 Å². The maximum absolute atomic E-state index is 6.57. The highest BCUT2D eigenvalue weighted by molar-refractivity contribution is 5.55. The quantitative estimate of drug-likeness (QED) is 0.899. The van der Waals surface area contributed by atoms with Crippen LogP contribution in [0.2, 0.25) is 0 Å². The Morgan fingerprint density at radius 3 is 2.68 bits per heavy atom. The SMILES string of the molecule is NC1(CCN2CCCc3ccccc32)CCCCC1. The van der Waals surface area contributed by atoms with Crippen LogP contribution in [-0.2, 0) is 6.42 Å². The number of benzene rings is 1. The second-order valence-electron chi connectivity index (χ2n) is 6.39. The van der Waals surface area contributed by atoms with E-state index in [0.29, 0.717) is 0 Å². The van der Waals surface area contributed by atoms with Crippen molar-refractivity contribution in [1.82, 2.24) is 0 Å². The average Bonchev–Trinajstić information content (AvgIpc) is 2.46. The lowest BCUT2D eigenvalue weighted by atomic mass is 9.80. The van der Waals surface area contributed by atoms with Crippen LogP contribution in [0.4, 0.5) is 5.69 Å². The fourth-order valence-corrected chi connectivity index (χ4v) is 3.71. The summed E-state index contributed by atoms with van der Waals surface area (Å²) in [4.78, 5) is 2.56. The Kier molecular flexibility index (Phi) is 3.79. The van der Waals surface area contributed by atoms with Crippen LogP contribution in [0.3, 0.4) is 0 Å². The van der Waals surface area contributed by atoms with Crippen LogP contribution in [-0.4, -0.2) is 18.6 Å². The number of hydrogen-bond acceptors (Lipinski definition) is 2. The molecule has 0 spiro atoms. The van der Waals surface area contributed by atoms with Crippen molar-refractivity contribution < 1.29 is 0 Å². The van der Waals surface area contributed by atoms with Crippen molar-refractivity contribution >= 4 is 5.69 Å². The Balaban J connectivity index is 1.64. The van der Waals surface area contributed by atoms with E-state index in [0.717, 1.165) is 13.0 Å². The molecule has 1 aromatic carbocycles. The van der Waals surface area contributed by atoms with Gasteiger partial charge in [0.05, 0.1) is 0 Å². The third kappa shape index (κ3) is 2.94. The highest BCUT2D eigenvalue weighted by Gasteiger charge is 2.28. The summed E-state index contributed by atoms with van der Waals surface area (Å²) >= 11 is 0. The van der Waals surface area contributed by atoms with Crippen molar-refractivity contribution in [2.45, 2.75) is 56.9 Å². The van der Waals surface area contributed by atoms with E-state index >= 15 is 0 Å². The van der Waals surface area contributed by atoms with Gasteiger partial charge in [0.15, 0.2) is 0 Å². The molecule has 3 rings (SSSR count). The molecule has 1 fully saturated rings. The lowest BCUT2D eigenvalue weighted by Gasteiger charge is -2.38. The van der Waals surface area contributed by atoms with E-state index in [9.17, 15) is 0 Å². The van der Waals surface area contributed by atoms with Crippen molar-refractivity contribution in [1.29, 1.82) is 0 Å². The maximum Gasteiger partial charge on any atom is 0.0398 e. The van der Waals surface area contributed by atoms with E-state index in [1.54, 1.807) is 0 Å². The van der Waals surface area contributed by atoms with E-state index in [2.05, 4.69) is 29.2 Å². The molecule has 0 amide bonds. The molecule has 1 aromatic rings. The summed E-state index contributed by atoms with van der Waals surface area (Å²) < 4.78 is 0. The number of rotatable bonds is 3. The fourth-order valence-electron chi connectivity index (χ4n) is 3.71. The van der Waals surface area contributed by atoms with Crippen LogP contribution < -0.4 is 10.6 Å². The molecule has 0 unspecified atom stereocenters. The molecule has 2 N–H and O–H groups in total. The van der Waals surface area contributed by atoms with Gasteiger partial charge >= 0.3 is 0 Å². The van der Waals surface area contributed by atoms with Crippen molar-refractivity contribution in [3.05, 3.63) is 29.8 Å². The molecule has 0 aromatic heterocycles. The van der Waals surface area contributed by atoms with Crippen molar-refractivity contribution in [3.8, 4) is 0 Å². The van der Waals surface area contributed by atoms with Crippen LogP contribution in [0, 0.1) is 0 Å². The molecule has 104 valence electrons. The molecule has 0 radical (unpaired) electrons. The predicted octanol–water partition coefficient (Wildman–Crippen LogP) is 3.49. The Morgan fingerprint density at radius 2 is 1.84 bits per heavy atom. The van der Waals surface area contributed by atoms with Crippen molar-refractivity contribution in [2.75, 3.05) is 18.0 Å². The number of hydrogen-bond donors (Lipinski definition) is 1. The number of aryl methyl sites for hydroxylation is 1. The van der Waals surface area contributed by atoms with Gasteiger partial charge in [-0.05, 0) is 43.7 Å². The summed E-state index contributed by atoms with van der Waals surface area (Å²) in [5.74, 6) is 0. The molecule has 1 heterocycles. The van der Waals surface area contributed by atoms with E-state index in [1.165, 1.54) is 62.7 Å². The van der Waals surface area contributed by atoms with Gasteiger partial charge in [-0.2, -0.15) is 0 Å². The first kappa shape index (κ1) is 13.0. The first-order valence-electron chi connectivity index (χ1n) is 7.89. The molecule has 0 atom stereocenters. The molecule has 2 nitrogen and oxygen atoms in total. The number of nitrogens with zero attached hydrogens (tertiary/aromatic N) is 1. The van der Waals surface area contributed by atoms with E-state index in [1.807, 2.05) is 0 Å². The topological polar surface area (TPSA) is 29.3 Å². The Morgan fingerprint density at radius 1 is 1.05 bits per heavy atom. The number of fused-ring (bicyclic) bond motifs is 1. The average molecular weight is 258 g/mol. The molecule has 2 aliphatic rings. The Bertz CT molecular complexity index is 421. The highest BCUT2D eigenvalue weighted by Crippen LogP contribution is 2.31. The van der Waals surface area contributed by atoms with Gasteiger partial charge < -0.3 is 10.6 Å². The number of anilines is 1. The Hall–Kier alpha value is -1.02. The van der Waals surface area contributed by atoms with Gasteiger partial charge in [0.25, 0.3) is 0 Å². The zero-order chi connectivity index (χ0) is 13.1. The molecule has 1 saturated carbocycles. The lowest BCUT2D eigenvalue weighted by Crippen LogP contribution is -2.45. The van der Waals surface area contributed by atoms with Crippen LogP contribution in [0.15, 0.2) is 24.3 Å². The minimum Gasteiger partial charge on any atom is -0.371 e. The third-order valence-electron chi connectivity index (χ3n) is 4.94. The van der Waals surface area contributed by atoms with Gasteiger partial charge in [-0.1, -0.05) is 37.5 Å². The number of para-hydroxylation sites is 1. The summed E-state index contributed by atoms with van der Waals surface area (Å²) in [6, 6.07) is 8.88. The van der Waals surface area contributed by atoms with Gasteiger partial charge in [-0.25, -0.2) is 0 Å². The van der Waals surface area contributed by atoms with Gasteiger partial charge in [-0.15, -0.1) is 0 Å². The largest absolute Gasteiger partial charge is 0.371 e. The summed E-state index contributed by atoms with van der Waals surface area (Å²) in [6.07, 6.45) is 10.2. The third-order valence-corrected chi connectivity index (χ3v) is 4.94. The van der Waals surface area contributed by atoms with Gasteiger partial charge in [0.1, 0.15) is 0 Å². The number of nitrogens with two attached hydrogens (primary N) is 1.